The Hall–Kier alpha value is -3.05. The molecule has 2 aliphatic carbocycles. The molecule has 0 unspecified atom stereocenters. The van der Waals surface area contributed by atoms with Crippen molar-refractivity contribution in [3.8, 4) is 0 Å². The Balaban J connectivity index is 1.81. The van der Waals surface area contributed by atoms with Crippen LogP contribution in [0, 0.1) is 23.7 Å². The molecule has 0 radical (unpaired) electrons. The van der Waals surface area contributed by atoms with E-state index < -0.39 is 59.4 Å². The first-order chi connectivity index (χ1) is 19.4. The number of likely N-dealkylation sites (N-methyl/N-ethyl adjacent to an activating group) is 1. The highest BCUT2D eigenvalue weighted by atomic mass is 16.7. The van der Waals surface area contributed by atoms with Crippen LogP contribution in [0.5, 0.6) is 0 Å². The number of rotatable bonds is 9. The van der Waals surface area contributed by atoms with Crippen LogP contribution in [-0.4, -0.2) is 79.6 Å². The molecule has 0 aromatic heterocycles. The molecule has 42 heavy (non-hydrogen) atoms. The summed E-state index contributed by atoms with van der Waals surface area (Å²) in [7, 11) is 3.01. The molecule has 2 fully saturated rings. The van der Waals surface area contributed by atoms with Gasteiger partial charge < -0.3 is 34.5 Å². The van der Waals surface area contributed by atoms with Crippen molar-refractivity contribution < 1.29 is 42.9 Å². The first kappa shape index (κ1) is 35.1. The van der Waals surface area contributed by atoms with Gasteiger partial charge in [-0.1, -0.05) is 0 Å². The number of ether oxygens (including phenoxy) is 4. The maximum absolute atomic E-state index is 13.0. The van der Waals surface area contributed by atoms with E-state index in [0.717, 1.165) is 0 Å². The number of hydrogen-bond donors (Lipinski definition) is 2. The molecule has 0 aromatic rings. The molecule has 240 valence electrons. The molecule has 12 heteroatoms. The minimum atomic E-state index is -1.64. The lowest BCUT2D eigenvalue weighted by Gasteiger charge is -2.30. The minimum absolute atomic E-state index is 0.202. The fourth-order valence-corrected chi connectivity index (χ4v) is 5.03. The predicted octanol–water partition coefficient (Wildman–Crippen LogP) is 4.15. The van der Waals surface area contributed by atoms with Crippen molar-refractivity contribution in [1.82, 2.24) is 15.5 Å². The average Bonchev–Trinajstić information content (AvgIpc) is 2.88. The number of nitrogens with one attached hydrogen (secondary N) is 2. The zero-order valence-electron chi connectivity index (χ0n) is 26.6. The van der Waals surface area contributed by atoms with E-state index in [1.807, 2.05) is 0 Å². The number of nitrogens with zero attached hydrogens (tertiary/aromatic N) is 1. The lowest BCUT2D eigenvalue weighted by Crippen LogP contribution is -2.43. The largest absolute Gasteiger partial charge is 0.444 e. The van der Waals surface area contributed by atoms with Crippen LogP contribution in [0.3, 0.4) is 0 Å². The van der Waals surface area contributed by atoms with Crippen LogP contribution in [0.15, 0.2) is 0 Å². The number of amides is 3. The average molecular weight is 598 g/mol. The highest BCUT2D eigenvalue weighted by Crippen LogP contribution is 2.31. The fourth-order valence-electron chi connectivity index (χ4n) is 5.03. The summed E-state index contributed by atoms with van der Waals surface area (Å²) in [6, 6.07) is 0. The Morgan fingerprint density at radius 1 is 0.643 bits per heavy atom. The van der Waals surface area contributed by atoms with E-state index in [2.05, 4.69) is 10.6 Å². The van der Waals surface area contributed by atoms with E-state index in [4.69, 9.17) is 18.9 Å². The summed E-state index contributed by atoms with van der Waals surface area (Å²) in [5.41, 5.74) is -1.15. The van der Waals surface area contributed by atoms with Gasteiger partial charge in [-0.05, 0) is 105 Å². The molecule has 0 atom stereocenters. The van der Waals surface area contributed by atoms with Gasteiger partial charge in [-0.3, -0.25) is 14.4 Å². The highest BCUT2D eigenvalue weighted by molar-refractivity contribution is 5.85. The molecular weight excluding hydrogens is 546 g/mol. The molecule has 2 saturated carbocycles. The molecule has 12 nitrogen and oxygen atoms in total. The van der Waals surface area contributed by atoms with Crippen LogP contribution in [0.2, 0.25) is 0 Å². The highest BCUT2D eigenvalue weighted by Gasteiger charge is 2.36. The van der Waals surface area contributed by atoms with Crippen LogP contribution in [-0.2, 0) is 33.3 Å². The van der Waals surface area contributed by atoms with Crippen LogP contribution in [0.4, 0.5) is 9.59 Å². The van der Waals surface area contributed by atoms with Gasteiger partial charge in [0.15, 0.2) is 0 Å². The number of hydrogen-bond acceptors (Lipinski definition) is 9. The maximum atomic E-state index is 13.0. The van der Waals surface area contributed by atoms with E-state index in [9.17, 15) is 24.0 Å². The quantitative estimate of drug-likeness (QED) is 0.227. The molecule has 0 aromatic carbocycles. The Kier molecular flexibility index (Phi) is 12.9. The predicted molar refractivity (Wildman–Crippen MR) is 154 cm³/mol. The summed E-state index contributed by atoms with van der Waals surface area (Å²) in [4.78, 5) is 63.7. The van der Waals surface area contributed by atoms with Crippen molar-refractivity contribution in [2.24, 2.45) is 23.7 Å². The smallest absolute Gasteiger partial charge is 0.407 e. The number of alkyl carbamates (subject to hydrolysis) is 2. The summed E-state index contributed by atoms with van der Waals surface area (Å²) in [5, 5.41) is 5.56. The lowest BCUT2D eigenvalue weighted by atomic mass is 9.82. The van der Waals surface area contributed by atoms with Gasteiger partial charge in [0.25, 0.3) is 0 Å². The second-order valence-electron chi connectivity index (χ2n) is 13.6. The van der Waals surface area contributed by atoms with Gasteiger partial charge in [-0.2, -0.15) is 0 Å². The molecule has 0 spiro atoms. The van der Waals surface area contributed by atoms with Gasteiger partial charge in [-0.25, -0.2) is 9.59 Å². The van der Waals surface area contributed by atoms with Crippen molar-refractivity contribution in [3.63, 3.8) is 0 Å². The summed E-state index contributed by atoms with van der Waals surface area (Å²) in [5.74, 6) is -2.21. The number of carbonyl (C=O) groups excluding carboxylic acids is 5. The third-order valence-corrected chi connectivity index (χ3v) is 7.32. The zero-order chi connectivity index (χ0) is 31.7. The topological polar surface area (TPSA) is 150 Å². The normalized spacial score (nSPS) is 23.5. The van der Waals surface area contributed by atoms with E-state index in [-0.39, 0.29) is 11.8 Å². The first-order valence-electron chi connectivity index (χ1n) is 15.0. The Morgan fingerprint density at radius 2 is 0.976 bits per heavy atom. The minimum Gasteiger partial charge on any atom is -0.444 e. The van der Waals surface area contributed by atoms with E-state index in [0.29, 0.717) is 64.5 Å². The molecule has 2 aliphatic rings. The molecule has 0 saturated heterocycles. The molecule has 3 amide bonds. The van der Waals surface area contributed by atoms with Gasteiger partial charge in [0.05, 0.1) is 11.8 Å². The molecule has 0 heterocycles. The van der Waals surface area contributed by atoms with E-state index >= 15 is 0 Å². The van der Waals surface area contributed by atoms with Crippen molar-refractivity contribution in [1.29, 1.82) is 0 Å². The van der Waals surface area contributed by atoms with E-state index in [1.54, 1.807) is 41.5 Å². The molecule has 0 aliphatic heterocycles. The van der Waals surface area contributed by atoms with Crippen LogP contribution < -0.4 is 10.6 Å². The third kappa shape index (κ3) is 12.9. The number of esters is 2. The molecule has 2 N–H and O–H groups in total. The molecule has 2 rings (SSSR count). The second-order valence-corrected chi connectivity index (χ2v) is 13.6. The van der Waals surface area contributed by atoms with Gasteiger partial charge in [0.2, 0.25) is 0 Å². The summed E-state index contributed by atoms with van der Waals surface area (Å²) in [6.07, 6.45) is 2.38. The van der Waals surface area contributed by atoms with Crippen molar-refractivity contribution in [3.05, 3.63) is 0 Å². The SMILES string of the molecule is CN(C)C(=O)C(OC(=O)C1CCC(CNC(=O)OC(C)(C)C)CC1)OC(=O)C1CCC(CNC(=O)OC(C)(C)C)CC1. The van der Waals surface area contributed by atoms with Gasteiger partial charge in [-0.15, -0.1) is 0 Å². The van der Waals surface area contributed by atoms with E-state index in [1.165, 1.54) is 19.0 Å². The monoisotopic (exact) mass is 597 g/mol. The van der Waals surface area contributed by atoms with Gasteiger partial charge in [0, 0.05) is 27.2 Å². The van der Waals surface area contributed by atoms with Crippen LogP contribution in [0.25, 0.3) is 0 Å². The maximum Gasteiger partial charge on any atom is 0.407 e. The summed E-state index contributed by atoms with van der Waals surface area (Å²) < 4.78 is 21.5. The Labute approximate surface area is 249 Å². The third-order valence-electron chi connectivity index (χ3n) is 7.32. The zero-order valence-corrected chi connectivity index (χ0v) is 26.6. The second kappa shape index (κ2) is 15.4. The first-order valence-corrected chi connectivity index (χ1v) is 15.0. The fraction of sp³-hybridized carbons (Fsp3) is 0.833. The van der Waals surface area contributed by atoms with Crippen molar-refractivity contribution >= 4 is 30.0 Å². The van der Waals surface area contributed by atoms with Crippen LogP contribution in [0.1, 0.15) is 92.9 Å². The Bertz CT molecular complexity index is 873. The van der Waals surface area contributed by atoms with Crippen LogP contribution >= 0.6 is 0 Å². The van der Waals surface area contributed by atoms with Gasteiger partial charge in [0.1, 0.15) is 11.2 Å². The Morgan fingerprint density at radius 3 is 1.26 bits per heavy atom. The summed E-state index contributed by atoms with van der Waals surface area (Å²) >= 11 is 0. The lowest BCUT2D eigenvalue weighted by molar-refractivity contribution is -0.202. The standard InChI is InChI=1S/C30H51N3O9/c1-29(2,3)41-27(37)31-17-19-9-13-21(14-10-19)24(35)39-26(23(34)33(7)8)40-25(36)22-15-11-20(12-16-22)18-32-28(38)42-30(4,5)6/h19-22,26H,9-18H2,1-8H3,(H,31,37)(H,32,38). The van der Waals surface area contributed by atoms with Gasteiger partial charge >= 0.3 is 36.3 Å². The molecule has 0 bridgehead atoms. The van der Waals surface area contributed by atoms with Crippen molar-refractivity contribution in [2.75, 3.05) is 27.2 Å². The summed E-state index contributed by atoms with van der Waals surface area (Å²) in [6.45, 7) is 11.7. The molecular formula is C30H51N3O9. The number of carbonyl (C=O) groups is 5. The van der Waals surface area contributed by atoms with Crippen molar-refractivity contribution in [2.45, 2.75) is 110 Å².